The minimum absolute atomic E-state index is 0.0852. The van der Waals surface area contributed by atoms with Crippen LogP contribution in [0.2, 0.25) is 0 Å². The molecule has 2 aliphatic heterocycles. The first-order valence-corrected chi connectivity index (χ1v) is 9.18. The van der Waals surface area contributed by atoms with E-state index >= 15 is 0 Å². The monoisotopic (exact) mass is 400 g/mol. The van der Waals surface area contributed by atoms with Crippen LogP contribution in [0, 0.1) is 10.1 Å². The van der Waals surface area contributed by atoms with E-state index in [1.54, 1.807) is 23.1 Å². The second kappa shape index (κ2) is 8.63. The molecule has 2 saturated heterocycles. The number of imide groups is 1. The van der Waals surface area contributed by atoms with Crippen LogP contribution in [0.3, 0.4) is 0 Å². The van der Waals surface area contributed by atoms with Gasteiger partial charge in [0.1, 0.15) is 6.54 Å². The summed E-state index contributed by atoms with van der Waals surface area (Å²) in [6.07, 6.45) is 2.96. The van der Waals surface area contributed by atoms with Crippen LogP contribution in [-0.2, 0) is 19.2 Å². The van der Waals surface area contributed by atoms with Crippen molar-refractivity contribution in [2.75, 3.05) is 32.7 Å². The number of likely N-dealkylation sites (tertiary alicyclic amines) is 1. The first kappa shape index (κ1) is 20.2. The van der Waals surface area contributed by atoms with Gasteiger partial charge in [-0.2, -0.15) is 0 Å². The Kier molecular flexibility index (Phi) is 6.01. The molecule has 10 heteroatoms. The molecule has 0 unspecified atom stereocenters. The summed E-state index contributed by atoms with van der Waals surface area (Å²) in [7, 11) is 0. The highest BCUT2D eigenvalue weighted by Crippen LogP contribution is 2.19. The lowest BCUT2D eigenvalue weighted by Gasteiger charge is -2.34. The van der Waals surface area contributed by atoms with Gasteiger partial charge in [0.05, 0.1) is 10.5 Å². The molecule has 2 heterocycles. The van der Waals surface area contributed by atoms with E-state index in [-0.39, 0.29) is 48.7 Å². The van der Waals surface area contributed by atoms with Crippen molar-refractivity contribution >= 4 is 35.4 Å². The molecule has 0 radical (unpaired) electrons. The lowest BCUT2D eigenvalue weighted by atomic mass is 10.1. The molecule has 152 valence electrons. The summed E-state index contributed by atoms with van der Waals surface area (Å²) in [5.41, 5.74) is 0.248. The summed E-state index contributed by atoms with van der Waals surface area (Å²) < 4.78 is 0. The molecule has 29 heavy (non-hydrogen) atoms. The zero-order valence-corrected chi connectivity index (χ0v) is 15.7. The van der Waals surface area contributed by atoms with E-state index in [1.807, 2.05) is 0 Å². The second-order valence-corrected chi connectivity index (χ2v) is 6.73. The highest BCUT2D eigenvalue weighted by molar-refractivity contribution is 6.04. The van der Waals surface area contributed by atoms with E-state index in [4.69, 9.17) is 0 Å². The maximum Gasteiger partial charge on any atom is 0.276 e. The predicted octanol–water partition coefficient (Wildman–Crippen LogP) is 0.428. The van der Waals surface area contributed by atoms with E-state index in [0.717, 1.165) is 4.90 Å². The predicted molar refractivity (Wildman–Crippen MR) is 101 cm³/mol. The van der Waals surface area contributed by atoms with Crippen molar-refractivity contribution < 1.29 is 24.1 Å². The summed E-state index contributed by atoms with van der Waals surface area (Å²) in [4.78, 5) is 62.5. The lowest BCUT2D eigenvalue weighted by Crippen LogP contribution is -2.52. The van der Waals surface area contributed by atoms with Crippen molar-refractivity contribution in [2.45, 2.75) is 12.8 Å². The number of amides is 4. The van der Waals surface area contributed by atoms with Crippen molar-refractivity contribution in [1.82, 2.24) is 14.7 Å². The highest BCUT2D eigenvalue weighted by atomic mass is 16.6. The molecule has 0 N–H and O–H groups in total. The smallest absolute Gasteiger partial charge is 0.276 e. The second-order valence-electron chi connectivity index (χ2n) is 6.73. The average Bonchev–Trinajstić information content (AvgIpc) is 3.04. The van der Waals surface area contributed by atoms with Crippen molar-refractivity contribution in [2.24, 2.45) is 0 Å². The van der Waals surface area contributed by atoms with Gasteiger partial charge in [0.25, 0.3) is 5.69 Å². The Bertz CT molecular complexity index is 872. The molecular weight excluding hydrogens is 380 g/mol. The standard InChI is InChI=1S/C19H20N4O6/c24-16(6-5-14-3-1-2-4-15(14)23(28)29)20-9-11-21(12-10-20)19(27)13-22-17(25)7-8-18(22)26/h1-6H,7-13H2/b6-5-. The number of piperazine rings is 1. The third-order valence-electron chi connectivity index (χ3n) is 4.93. The summed E-state index contributed by atoms with van der Waals surface area (Å²) in [6.45, 7) is 0.921. The maximum atomic E-state index is 12.4. The third-order valence-corrected chi connectivity index (χ3v) is 4.93. The topological polar surface area (TPSA) is 121 Å². The molecule has 1 aromatic rings. The van der Waals surface area contributed by atoms with Gasteiger partial charge >= 0.3 is 0 Å². The summed E-state index contributed by atoms with van der Waals surface area (Å²) >= 11 is 0. The van der Waals surface area contributed by atoms with Gasteiger partial charge in [-0.15, -0.1) is 0 Å². The number of nitro benzene ring substituents is 1. The van der Waals surface area contributed by atoms with Gasteiger partial charge in [0.2, 0.25) is 23.6 Å². The number of nitro groups is 1. The molecule has 10 nitrogen and oxygen atoms in total. The molecule has 3 rings (SSSR count). The molecule has 0 spiro atoms. The van der Waals surface area contributed by atoms with Gasteiger partial charge in [0.15, 0.2) is 0 Å². The quantitative estimate of drug-likeness (QED) is 0.306. The van der Waals surface area contributed by atoms with Gasteiger partial charge in [0, 0.05) is 51.2 Å². The van der Waals surface area contributed by atoms with Crippen LogP contribution in [0.25, 0.3) is 6.08 Å². The molecule has 0 saturated carbocycles. The summed E-state index contributed by atoms with van der Waals surface area (Å²) in [6, 6.07) is 6.12. The molecule has 0 aliphatic carbocycles. The Morgan fingerprint density at radius 1 is 1.00 bits per heavy atom. The Morgan fingerprint density at radius 3 is 2.21 bits per heavy atom. The fourth-order valence-corrected chi connectivity index (χ4v) is 3.27. The SMILES string of the molecule is O=C(/C=C\c1ccccc1[N+](=O)[O-])N1CCN(C(=O)CN2C(=O)CCC2=O)CC1. The van der Waals surface area contributed by atoms with E-state index in [1.165, 1.54) is 23.1 Å². The molecule has 2 aliphatic rings. The van der Waals surface area contributed by atoms with Gasteiger partial charge in [-0.25, -0.2) is 0 Å². The summed E-state index contributed by atoms with van der Waals surface area (Å²) in [5.74, 6) is -1.30. The molecule has 2 fully saturated rings. The highest BCUT2D eigenvalue weighted by Gasteiger charge is 2.32. The lowest BCUT2D eigenvalue weighted by molar-refractivity contribution is -0.385. The van der Waals surface area contributed by atoms with Crippen LogP contribution in [-0.4, -0.2) is 76.0 Å². The van der Waals surface area contributed by atoms with Crippen molar-refractivity contribution in [3.63, 3.8) is 0 Å². The van der Waals surface area contributed by atoms with E-state index < -0.39 is 4.92 Å². The first-order chi connectivity index (χ1) is 13.9. The zero-order chi connectivity index (χ0) is 21.0. The van der Waals surface area contributed by atoms with Crippen molar-refractivity contribution in [3.05, 3.63) is 46.0 Å². The molecule has 0 atom stereocenters. The molecule has 0 aromatic heterocycles. The number of benzene rings is 1. The molecule has 0 bridgehead atoms. The number of carbonyl (C=O) groups is 4. The maximum absolute atomic E-state index is 12.4. The van der Waals surface area contributed by atoms with Crippen LogP contribution in [0.15, 0.2) is 30.3 Å². The number of para-hydroxylation sites is 1. The van der Waals surface area contributed by atoms with E-state index in [0.29, 0.717) is 31.7 Å². The van der Waals surface area contributed by atoms with Crippen LogP contribution in [0.5, 0.6) is 0 Å². The normalized spacial score (nSPS) is 17.3. The Morgan fingerprint density at radius 2 is 1.59 bits per heavy atom. The van der Waals surface area contributed by atoms with Gasteiger partial charge < -0.3 is 9.80 Å². The van der Waals surface area contributed by atoms with E-state index in [9.17, 15) is 29.3 Å². The fourth-order valence-electron chi connectivity index (χ4n) is 3.27. The fraction of sp³-hybridized carbons (Fsp3) is 0.368. The van der Waals surface area contributed by atoms with Crippen LogP contribution < -0.4 is 0 Å². The Balaban J connectivity index is 1.53. The van der Waals surface area contributed by atoms with Gasteiger partial charge in [-0.1, -0.05) is 12.1 Å². The van der Waals surface area contributed by atoms with Crippen LogP contribution in [0.4, 0.5) is 5.69 Å². The molecular formula is C19H20N4O6. The van der Waals surface area contributed by atoms with Crippen LogP contribution >= 0.6 is 0 Å². The average molecular weight is 400 g/mol. The molecule has 4 amide bonds. The number of nitrogens with zero attached hydrogens (tertiary/aromatic N) is 4. The van der Waals surface area contributed by atoms with E-state index in [2.05, 4.69) is 0 Å². The first-order valence-electron chi connectivity index (χ1n) is 9.18. The van der Waals surface area contributed by atoms with Crippen LogP contribution in [0.1, 0.15) is 18.4 Å². The molecule has 1 aromatic carbocycles. The van der Waals surface area contributed by atoms with Gasteiger partial charge in [-0.05, 0) is 12.1 Å². The largest absolute Gasteiger partial charge is 0.338 e. The zero-order valence-electron chi connectivity index (χ0n) is 15.7. The number of hydrogen-bond acceptors (Lipinski definition) is 6. The Labute approximate surface area is 166 Å². The third kappa shape index (κ3) is 4.65. The summed E-state index contributed by atoms with van der Waals surface area (Å²) in [5, 5.41) is 11.0. The van der Waals surface area contributed by atoms with Crippen molar-refractivity contribution in [1.29, 1.82) is 0 Å². The minimum atomic E-state index is -0.510. The Hall–Kier alpha value is -3.56. The number of carbonyl (C=O) groups excluding carboxylic acids is 4. The minimum Gasteiger partial charge on any atom is -0.338 e. The number of rotatable bonds is 5. The number of hydrogen-bond donors (Lipinski definition) is 0. The van der Waals surface area contributed by atoms with Gasteiger partial charge in [-0.3, -0.25) is 34.2 Å². The van der Waals surface area contributed by atoms with Crippen molar-refractivity contribution in [3.8, 4) is 0 Å².